The lowest BCUT2D eigenvalue weighted by Gasteiger charge is -2.14. The van der Waals surface area contributed by atoms with Gasteiger partial charge in [0.25, 0.3) is 11.8 Å². The van der Waals surface area contributed by atoms with Crippen LogP contribution in [-0.2, 0) is 4.79 Å². The zero-order chi connectivity index (χ0) is 16.8. The molecule has 0 fully saturated rings. The molecule has 0 aromatic heterocycles. The van der Waals surface area contributed by atoms with Gasteiger partial charge in [0.05, 0.1) is 11.3 Å². The van der Waals surface area contributed by atoms with Gasteiger partial charge in [0.1, 0.15) is 0 Å². The van der Waals surface area contributed by atoms with Gasteiger partial charge in [-0.2, -0.15) is 0 Å². The largest absolute Gasteiger partial charge is 0.378 e. The molecule has 0 aliphatic carbocycles. The number of nitrogens with one attached hydrogen (secondary N) is 2. The van der Waals surface area contributed by atoms with E-state index in [0.717, 1.165) is 0 Å². The molecule has 0 spiro atoms. The first-order chi connectivity index (χ1) is 11.0. The maximum Gasteiger partial charge on any atom is 0.257 e. The molecule has 0 aliphatic rings. The van der Waals surface area contributed by atoms with E-state index >= 15 is 0 Å². The molecule has 1 atom stereocenters. The van der Waals surface area contributed by atoms with Crippen LogP contribution in [0.1, 0.15) is 28.9 Å². The van der Waals surface area contributed by atoms with Crippen molar-refractivity contribution in [3.05, 3.63) is 64.7 Å². The maximum absolute atomic E-state index is 12.2. The highest BCUT2D eigenvalue weighted by Gasteiger charge is 2.20. The van der Waals surface area contributed by atoms with Gasteiger partial charge < -0.3 is 15.7 Å². The second-order valence-electron chi connectivity index (χ2n) is 4.85. The van der Waals surface area contributed by atoms with Crippen LogP contribution >= 0.6 is 11.6 Å². The van der Waals surface area contributed by atoms with Crippen molar-refractivity contribution in [2.24, 2.45) is 0 Å². The number of halogens is 1. The Morgan fingerprint density at radius 2 is 1.87 bits per heavy atom. The van der Waals surface area contributed by atoms with Crippen LogP contribution in [0.4, 0.5) is 5.69 Å². The quantitative estimate of drug-likeness (QED) is 0.787. The number of carbonyl (C=O) groups is 2. The molecule has 1 unspecified atom stereocenters. The van der Waals surface area contributed by atoms with Crippen LogP contribution in [0, 0.1) is 0 Å². The van der Waals surface area contributed by atoms with Crippen LogP contribution in [0.3, 0.4) is 0 Å². The number of hydrogen-bond donors (Lipinski definition) is 3. The van der Waals surface area contributed by atoms with E-state index in [1.807, 2.05) is 0 Å². The molecular weight excluding hydrogens is 316 g/mol. The van der Waals surface area contributed by atoms with E-state index < -0.39 is 12.0 Å². The lowest BCUT2D eigenvalue weighted by molar-refractivity contribution is -0.124. The van der Waals surface area contributed by atoms with Crippen molar-refractivity contribution in [3.63, 3.8) is 0 Å². The average Bonchev–Trinajstić information content (AvgIpc) is 2.56. The van der Waals surface area contributed by atoms with Gasteiger partial charge in [-0.15, -0.1) is 0 Å². The van der Waals surface area contributed by atoms with Crippen LogP contribution in [0.15, 0.2) is 48.5 Å². The minimum atomic E-state index is -1.33. The predicted molar refractivity (Wildman–Crippen MR) is 89.5 cm³/mol. The Morgan fingerprint density at radius 1 is 1.17 bits per heavy atom. The average molecular weight is 333 g/mol. The third-order valence-electron chi connectivity index (χ3n) is 3.19. The minimum Gasteiger partial charge on any atom is -0.378 e. The molecule has 0 aliphatic heterocycles. The van der Waals surface area contributed by atoms with Crippen LogP contribution in [0.2, 0.25) is 5.02 Å². The number of hydrogen-bond acceptors (Lipinski definition) is 3. The summed E-state index contributed by atoms with van der Waals surface area (Å²) in [6.45, 7) is 2.24. The molecule has 0 bridgehead atoms. The first-order valence-electron chi connectivity index (χ1n) is 7.14. The molecule has 6 heteroatoms. The van der Waals surface area contributed by atoms with E-state index in [1.165, 1.54) is 12.1 Å². The highest BCUT2D eigenvalue weighted by atomic mass is 35.5. The van der Waals surface area contributed by atoms with E-state index in [1.54, 1.807) is 43.3 Å². The van der Waals surface area contributed by atoms with Gasteiger partial charge in [-0.3, -0.25) is 9.59 Å². The fourth-order valence-corrected chi connectivity index (χ4v) is 2.23. The molecular formula is C17H17ClN2O3. The molecule has 0 saturated heterocycles. The smallest absolute Gasteiger partial charge is 0.257 e. The second-order valence-corrected chi connectivity index (χ2v) is 5.29. The Labute approximate surface area is 139 Å². The summed E-state index contributed by atoms with van der Waals surface area (Å²) in [7, 11) is 0. The van der Waals surface area contributed by atoms with Crippen molar-refractivity contribution in [3.8, 4) is 0 Å². The summed E-state index contributed by atoms with van der Waals surface area (Å²) in [6, 6.07) is 13.1. The summed E-state index contributed by atoms with van der Waals surface area (Å²) in [6.07, 6.45) is -1.33. The molecule has 23 heavy (non-hydrogen) atoms. The first-order valence-corrected chi connectivity index (χ1v) is 7.52. The Bertz CT molecular complexity index is 704. The van der Waals surface area contributed by atoms with Gasteiger partial charge in [0.15, 0.2) is 6.10 Å². The second kappa shape index (κ2) is 7.76. The maximum atomic E-state index is 12.2. The highest BCUT2D eigenvalue weighted by Crippen LogP contribution is 2.22. The number of rotatable bonds is 5. The topological polar surface area (TPSA) is 78.4 Å². The normalized spacial score (nSPS) is 11.6. The van der Waals surface area contributed by atoms with Crippen molar-refractivity contribution in [2.75, 3.05) is 11.9 Å². The third-order valence-corrected chi connectivity index (χ3v) is 3.42. The highest BCUT2D eigenvalue weighted by molar-refractivity contribution is 6.31. The van der Waals surface area contributed by atoms with Gasteiger partial charge in [-0.25, -0.2) is 0 Å². The summed E-state index contributed by atoms with van der Waals surface area (Å²) < 4.78 is 0. The first kappa shape index (κ1) is 17.0. The molecule has 0 heterocycles. The standard InChI is InChI=1S/C17H17ClN2O3/c1-2-19-16(22)13-10-12(18)8-9-14(13)20-17(23)15(21)11-6-4-3-5-7-11/h3-10,15,21H,2H2,1H3,(H,19,22)(H,20,23). The Hall–Kier alpha value is -2.37. The van der Waals surface area contributed by atoms with Gasteiger partial charge in [0, 0.05) is 11.6 Å². The van der Waals surface area contributed by atoms with Crippen molar-refractivity contribution in [2.45, 2.75) is 13.0 Å². The van der Waals surface area contributed by atoms with Crippen LogP contribution in [-0.4, -0.2) is 23.5 Å². The number of anilines is 1. The molecule has 3 N–H and O–H groups in total. The van der Waals surface area contributed by atoms with Gasteiger partial charge in [0.2, 0.25) is 0 Å². The Morgan fingerprint density at radius 3 is 2.52 bits per heavy atom. The van der Waals surface area contributed by atoms with E-state index in [2.05, 4.69) is 10.6 Å². The van der Waals surface area contributed by atoms with Crippen molar-refractivity contribution < 1.29 is 14.7 Å². The van der Waals surface area contributed by atoms with Crippen molar-refractivity contribution in [1.29, 1.82) is 0 Å². The Balaban J connectivity index is 2.22. The number of aliphatic hydroxyl groups is 1. The van der Waals surface area contributed by atoms with Gasteiger partial charge >= 0.3 is 0 Å². The summed E-state index contributed by atoms with van der Waals surface area (Å²) in [5.41, 5.74) is 1.01. The van der Waals surface area contributed by atoms with Crippen LogP contribution in [0.25, 0.3) is 0 Å². The number of benzene rings is 2. The molecule has 2 amide bonds. The van der Waals surface area contributed by atoms with E-state index in [4.69, 9.17) is 11.6 Å². The molecule has 2 rings (SSSR count). The van der Waals surface area contributed by atoms with Gasteiger partial charge in [-0.1, -0.05) is 41.9 Å². The van der Waals surface area contributed by atoms with Crippen molar-refractivity contribution >= 4 is 29.1 Å². The van der Waals surface area contributed by atoms with E-state index in [0.29, 0.717) is 22.8 Å². The Kier molecular flexibility index (Phi) is 5.73. The monoisotopic (exact) mass is 332 g/mol. The molecule has 120 valence electrons. The summed E-state index contributed by atoms with van der Waals surface area (Å²) >= 11 is 5.91. The summed E-state index contributed by atoms with van der Waals surface area (Å²) in [4.78, 5) is 24.3. The molecule has 2 aromatic rings. The van der Waals surface area contributed by atoms with E-state index in [9.17, 15) is 14.7 Å². The van der Waals surface area contributed by atoms with Crippen LogP contribution < -0.4 is 10.6 Å². The lowest BCUT2D eigenvalue weighted by Crippen LogP contribution is -2.26. The minimum absolute atomic E-state index is 0.243. The molecule has 2 aromatic carbocycles. The fourth-order valence-electron chi connectivity index (χ4n) is 2.06. The number of aliphatic hydroxyl groups excluding tert-OH is 1. The number of carbonyl (C=O) groups excluding carboxylic acids is 2. The molecule has 0 radical (unpaired) electrons. The van der Waals surface area contributed by atoms with Crippen LogP contribution in [0.5, 0.6) is 0 Å². The molecule has 0 saturated carbocycles. The number of amides is 2. The third kappa shape index (κ3) is 4.31. The zero-order valence-corrected chi connectivity index (χ0v) is 13.3. The van der Waals surface area contributed by atoms with E-state index in [-0.39, 0.29) is 11.5 Å². The predicted octanol–water partition coefficient (Wildman–Crippen LogP) is 2.76. The molecule has 5 nitrogen and oxygen atoms in total. The van der Waals surface area contributed by atoms with Gasteiger partial charge in [-0.05, 0) is 30.7 Å². The SMILES string of the molecule is CCNC(=O)c1cc(Cl)ccc1NC(=O)C(O)c1ccccc1. The zero-order valence-electron chi connectivity index (χ0n) is 12.5. The summed E-state index contributed by atoms with van der Waals surface area (Å²) in [5.74, 6) is -0.969. The fraction of sp³-hybridized carbons (Fsp3) is 0.176. The lowest BCUT2D eigenvalue weighted by atomic mass is 10.1. The summed E-state index contributed by atoms with van der Waals surface area (Å²) in [5, 5.41) is 15.7. The van der Waals surface area contributed by atoms with Crippen molar-refractivity contribution in [1.82, 2.24) is 5.32 Å².